The summed E-state index contributed by atoms with van der Waals surface area (Å²) in [7, 11) is 1.98. The van der Waals surface area contributed by atoms with Gasteiger partial charge >= 0.3 is 0 Å². The molecule has 1 heteroatoms. The van der Waals surface area contributed by atoms with Crippen molar-refractivity contribution in [1.82, 2.24) is 4.90 Å². The van der Waals surface area contributed by atoms with Gasteiger partial charge in [-0.2, -0.15) is 0 Å². The molecule has 0 bridgehead atoms. The zero-order chi connectivity index (χ0) is 7.98. The summed E-state index contributed by atoms with van der Waals surface area (Å²) in [6.45, 7) is 6.01. The summed E-state index contributed by atoms with van der Waals surface area (Å²) in [5.74, 6) is 2.85. The van der Waals surface area contributed by atoms with Gasteiger partial charge in [0, 0.05) is 18.8 Å². The van der Waals surface area contributed by atoms with E-state index in [4.69, 9.17) is 0 Å². The van der Waals surface area contributed by atoms with Gasteiger partial charge in [0.25, 0.3) is 0 Å². The fourth-order valence-electron chi connectivity index (χ4n) is 0.874. The highest BCUT2D eigenvalue weighted by molar-refractivity contribution is 5.08. The van der Waals surface area contributed by atoms with Crippen LogP contribution in [0.2, 0.25) is 0 Å². The van der Waals surface area contributed by atoms with Crippen LogP contribution in [0.25, 0.3) is 0 Å². The van der Waals surface area contributed by atoms with E-state index in [2.05, 4.69) is 25.0 Å². The number of rotatable bonds is 2. The maximum absolute atomic E-state index is 2.96. The Morgan fingerprint density at radius 1 is 1.60 bits per heavy atom. The Kier molecular flexibility index (Phi) is 4.49. The molecule has 0 atom stereocenters. The van der Waals surface area contributed by atoms with Gasteiger partial charge in [0.05, 0.1) is 0 Å². The number of nitrogens with zero attached hydrogens (tertiary/aromatic N) is 1. The van der Waals surface area contributed by atoms with Crippen molar-refractivity contribution in [3.05, 3.63) is 11.8 Å². The van der Waals surface area contributed by atoms with Crippen LogP contribution in [0.5, 0.6) is 0 Å². The highest BCUT2D eigenvalue weighted by Crippen LogP contribution is 2.03. The largest absolute Gasteiger partial charge is 0.309 e. The highest BCUT2D eigenvalue weighted by atomic mass is 15.1. The lowest BCUT2D eigenvalue weighted by molar-refractivity contribution is 0.574. The van der Waals surface area contributed by atoms with E-state index in [1.54, 1.807) is 0 Å². The number of hydrogen-bond acceptors (Lipinski definition) is 1. The van der Waals surface area contributed by atoms with Gasteiger partial charge in [-0.15, -0.1) is 0 Å². The molecule has 0 radical (unpaired) electrons. The maximum Gasteiger partial charge on any atom is 0.0213 e. The fourth-order valence-corrected chi connectivity index (χ4v) is 0.874. The second-order valence-electron chi connectivity index (χ2n) is 2.05. The molecule has 0 unspecified atom stereocenters. The van der Waals surface area contributed by atoms with Crippen molar-refractivity contribution < 1.29 is 0 Å². The third-order valence-corrected chi connectivity index (χ3v) is 1.41. The molecule has 0 aliphatic heterocycles. The summed E-state index contributed by atoms with van der Waals surface area (Å²) in [6, 6.07) is 2.96. The topological polar surface area (TPSA) is 3.24 Å². The van der Waals surface area contributed by atoms with Gasteiger partial charge in [-0.25, -0.2) is 0 Å². The molecule has 0 aromatic carbocycles. The molecular weight excluding hydrogens is 122 g/mol. The van der Waals surface area contributed by atoms with Crippen molar-refractivity contribution in [1.29, 1.82) is 0 Å². The lowest BCUT2D eigenvalue weighted by atomic mass is 10.3. The zero-order valence-electron chi connectivity index (χ0n) is 7.23. The van der Waals surface area contributed by atoms with Crippen LogP contribution in [0.15, 0.2) is 11.8 Å². The first-order chi connectivity index (χ1) is 4.76. The Morgan fingerprint density at radius 2 is 2.20 bits per heavy atom. The second kappa shape index (κ2) is 4.93. The predicted molar refractivity (Wildman–Crippen MR) is 45.3 cm³/mol. The first-order valence-corrected chi connectivity index (χ1v) is 3.57. The van der Waals surface area contributed by atoms with Crippen molar-refractivity contribution in [3.63, 3.8) is 0 Å². The first-order valence-electron chi connectivity index (χ1n) is 3.57. The average Bonchev–Trinajstić information content (AvgIpc) is 1.91. The van der Waals surface area contributed by atoms with Crippen LogP contribution in [0.1, 0.15) is 27.2 Å². The van der Waals surface area contributed by atoms with E-state index in [1.165, 1.54) is 5.70 Å². The third kappa shape index (κ3) is 2.59. The van der Waals surface area contributed by atoms with Crippen molar-refractivity contribution >= 4 is 0 Å². The Bertz CT molecular complexity index is 169. The summed E-state index contributed by atoms with van der Waals surface area (Å²) in [4.78, 5) is 1.96. The quantitative estimate of drug-likeness (QED) is 0.416. The van der Waals surface area contributed by atoms with Crippen LogP contribution in [0.4, 0.5) is 0 Å². The molecule has 0 aliphatic carbocycles. The molecule has 1 nitrogen and oxygen atoms in total. The van der Waals surface area contributed by atoms with Gasteiger partial charge in [-0.05, 0) is 20.3 Å². The third-order valence-electron chi connectivity index (χ3n) is 1.41. The van der Waals surface area contributed by atoms with Crippen molar-refractivity contribution in [2.45, 2.75) is 27.2 Å². The molecule has 10 heavy (non-hydrogen) atoms. The molecule has 0 aromatic rings. The van der Waals surface area contributed by atoms with Gasteiger partial charge in [0.15, 0.2) is 0 Å². The molecule has 0 aromatic heterocycles. The van der Waals surface area contributed by atoms with E-state index in [0.717, 1.165) is 6.42 Å². The van der Waals surface area contributed by atoms with E-state index in [-0.39, 0.29) is 0 Å². The summed E-state index contributed by atoms with van der Waals surface area (Å²) < 4.78 is 0. The van der Waals surface area contributed by atoms with E-state index in [9.17, 15) is 0 Å². The van der Waals surface area contributed by atoms with E-state index in [1.807, 2.05) is 25.8 Å². The number of allylic oxidation sites excluding steroid dienone is 2. The van der Waals surface area contributed by atoms with Gasteiger partial charge in [0.2, 0.25) is 0 Å². The van der Waals surface area contributed by atoms with Crippen LogP contribution in [0, 0.1) is 12.0 Å². The molecule has 0 saturated carbocycles. The average molecular weight is 137 g/mol. The molecule has 0 aliphatic rings. The second-order valence-corrected chi connectivity index (χ2v) is 2.05. The number of hydrogen-bond donors (Lipinski definition) is 0. The SMILES string of the molecule is CC#CN(C)/C(=C\C)CC. The van der Waals surface area contributed by atoms with Gasteiger partial charge < -0.3 is 4.90 Å². The van der Waals surface area contributed by atoms with Gasteiger partial charge in [-0.1, -0.05) is 18.9 Å². The summed E-state index contributed by atoms with van der Waals surface area (Å²) in [5.41, 5.74) is 1.27. The summed E-state index contributed by atoms with van der Waals surface area (Å²) in [5, 5.41) is 0. The van der Waals surface area contributed by atoms with E-state index in [0.29, 0.717) is 0 Å². The minimum atomic E-state index is 1.04. The Labute approximate surface area is 63.7 Å². The zero-order valence-corrected chi connectivity index (χ0v) is 7.23. The lowest BCUT2D eigenvalue weighted by Gasteiger charge is -2.12. The Morgan fingerprint density at radius 3 is 2.50 bits per heavy atom. The van der Waals surface area contributed by atoms with Crippen LogP contribution >= 0.6 is 0 Å². The monoisotopic (exact) mass is 137 g/mol. The van der Waals surface area contributed by atoms with Crippen molar-refractivity contribution in [2.75, 3.05) is 7.05 Å². The summed E-state index contributed by atoms with van der Waals surface area (Å²) in [6.07, 6.45) is 3.13. The normalized spacial score (nSPS) is 10.2. The van der Waals surface area contributed by atoms with Crippen LogP contribution in [0.3, 0.4) is 0 Å². The smallest absolute Gasteiger partial charge is 0.0213 e. The van der Waals surface area contributed by atoms with Crippen LogP contribution in [-0.2, 0) is 0 Å². The molecule has 0 N–H and O–H groups in total. The van der Waals surface area contributed by atoms with Gasteiger partial charge in [0.1, 0.15) is 0 Å². The Hall–Kier alpha value is -0.900. The molecule has 0 spiro atoms. The van der Waals surface area contributed by atoms with Crippen molar-refractivity contribution in [2.24, 2.45) is 0 Å². The van der Waals surface area contributed by atoms with Crippen molar-refractivity contribution in [3.8, 4) is 12.0 Å². The molecule has 0 saturated heterocycles. The predicted octanol–water partition coefficient (Wildman–Crippen LogP) is 2.21. The maximum atomic E-state index is 2.96. The molecule has 56 valence electrons. The minimum absolute atomic E-state index is 1.04. The molecule has 0 amide bonds. The van der Waals surface area contributed by atoms with Crippen LogP contribution < -0.4 is 0 Å². The first kappa shape index (κ1) is 9.10. The molecule has 0 heterocycles. The Balaban J connectivity index is 4.12. The summed E-state index contributed by atoms with van der Waals surface area (Å²) >= 11 is 0. The molecular formula is C9H15N. The van der Waals surface area contributed by atoms with Crippen LogP contribution in [-0.4, -0.2) is 11.9 Å². The fraction of sp³-hybridized carbons (Fsp3) is 0.556. The molecule has 0 rings (SSSR count). The van der Waals surface area contributed by atoms with E-state index >= 15 is 0 Å². The standard InChI is InChI=1S/C9H15N/c1-5-8-10(4)9(6-2)7-3/h6H,7H2,1-4H3/b9-6-. The minimum Gasteiger partial charge on any atom is -0.309 e. The van der Waals surface area contributed by atoms with Gasteiger partial charge in [-0.3, -0.25) is 0 Å². The highest BCUT2D eigenvalue weighted by Gasteiger charge is 1.94. The lowest BCUT2D eigenvalue weighted by Crippen LogP contribution is -2.09. The molecule has 0 fully saturated rings. The van der Waals surface area contributed by atoms with E-state index < -0.39 is 0 Å².